The van der Waals surface area contributed by atoms with Crippen molar-refractivity contribution in [1.82, 2.24) is 4.31 Å². The van der Waals surface area contributed by atoms with Gasteiger partial charge in [0.05, 0.1) is 16.4 Å². The third-order valence-corrected chi connectivity index (χ3v) is 6.55. The Morgan fingerprint density at radius 3 is 2.23 bits per heavy atom. The SMILES string of the molecule is CCOC(=O)[C@@H](C(C)C)N(Cc1ccccc1C)S(=O)(=O)c1ccc([N+](=O)[O-])cc1. The van der Waals surface area contributed by atoms with Gasteiger partial charge < -0.3 is 4.74 Å². The molecular weight excluding hydrogens is 408 g/mol. The molecule has 0 fully saturated rings. The molecular formula is C21H26N2O6S. The number of non-ortho nitro benzene ring substituents is 1. The van der Waals surface area contributed by atoms with Crippen LogP contribution < -0.4 is 0 Å². The van der Waals surface area contributed by atoms with Crippen LogP contribution in [0.2, 0.25) is 0 Å². The first kappa shape index (κ1) is 23.5. The Kier molecular flexibility index (Phi) is 7.69. The number of ether oxygens (including phenoxy) is 1. The van der Waals surface area contributed by atoms with Crippen LogP contribution in [0.4, 0.5) is 5.69 Å². The molecule has 0 aliphatic carbocycles. The summed E-state index contributed by atoms with van der Waals surface area (Å²) in [6.07, 6.45) is 0. The van der Waals surface area contributed by atoms with Crippen molar-refractivity contribution in [3.05, 3.63) is 69.8 Å². The van der Waals surface area contributed by atoms with E-state index in [-0.39, 0.29) is 29.7 Å². The van der Waals surface area contributed by atoms with Crippen molar-refractivity contribution >= 4 is 21.7 Å². The van der Waals surface area contributed by atoms with Gasteiger partial charge in [-0.25, -0.2) is 8.42 Å². The zero-order chi connectivity index (χ0) is 22.5. The van der Waals surface area contributed by atoms with E-state index in [2.05, 4.69) is 0 Å². The molecule has 2 aromatic rings. The molecule has 0 aromatic heterocycles. The number of nitro groups is 1. The number of nitrogens with zero attached hydrogens (tertiary/aromatic N) is 2. The lowest BCUT2D eigenvalue weighted by Crippen LogP contribution is -2.48. The minimum Gasteiger partial charge on any atom is -0.465 e. The van der Waals surface area contributed by atoms with E-state index in [1.807, 2.05) is 19.1 Å². The predicted molar refractivity (Wildman–Crippen MR) is 112 cm³/mol. The number of carbonyl (C=O) groups is 1. The number of hydrogen-bond donors (Lipinski definition) is 0. The molecule has 0 saturated heterocycles. The molecule has 0 N–H and O–H groups in total. The second kappa shape index (κ2) is 9.82. The monoisotopic (exact) mass is 434 g/mol. The topological polar surface area (TPSA) is 107 Å². The highest BCUT2D eigenvalue weighted by molar-refractivity contribution is 7.89. The van der Waals surface area contributed by atoms with Gasteiger partial charge in [-0.15, -0.1) is 0 Å². The summed E-state index contributed by atoms with van der Waals surface area (Å²) in [5.74, 6) is -0.993. The summed E-state index contributed by atoms with van der Waals surface area (Å²) in [6, 6.07) is 10.9. The van der Waals surface area contributed by atoms with Crippen LogP contribution in [0.15, 0.2) is 53.4 Å². The molecule has 0 aliphatic heterocycles. The molecule has 0 heterocycles. The first-order valence-corrected chi connectivity index (χ1v) is 11.0. The number of benzene rings is 2. The maximum absolute atomic E-state index is 13.5. The van der Waals surface area contributed by atoms with Crippen LogP contribution in [0.3, 0.4) is 0 Å². The van der Waals surface area contributed by atoms with Crippen molar-refractivity contribution in [2.45, 2.75) is 45.2 Å². The van der Waals surface area contributed by atoms with Gasteiger partial charge in [0, 0.05) is 18.7 Å². The Hall–Kier alpha value is -2.78. The number of rotatable bonds is 9. The highest BCUT2D eigenvalue weighted by Crippen LogP contribution is 2.27. The van der Waals surface area contributed by atoms with E-state index in [1.54, 1.807) is 32.9 Å². The largest absolute Gasteiger partial charge is 0.465 e. The van der Waals surface area contributed by atoms with E-state index in [0.29, 0.717) is 0 Å². The molecule has 1 atom stereocenters. The summed E-state index contributed by atoms with van der Waals surface area (Å²) in [4.78, 5) is 22.9. The average Bonchev–Trinajstić information content (AvgIpc) is 2.69. The summed E-state index contributed by atoms with van der Waals surface area (Å²) < 4.78 is 33.3. The average molecular weight is 435 g/mol. The van der Waals surface area contributed by atoms with Crippen LogP contribution in [0.5, 0.6) is 0 Å². The molecule has 0 spiro atoms. The lowest BCUT2D eigenvalue weighted by Gasteiger charge is -2.32. The van der Waals surface area contributed by atoms with Crippen molar-refractivity contribution < 1.29 is 22.9 Å². The summed E-state index contributed by atoms with van der Waals surface area (Å²) in [6.45, 7) is 7.10. The lowest BCUT2D eigenvalue weighted by molar-refractivity contribution is -0.384. The van der Waals surface area contributed by atoms with E-state index in [0.717, 1.165) is 27.6 Å². The Balaban J connectivity index is 2.59. The van der Waals surface area contributed by atoms with Crippen LogP contribution in [0, 0.1) is 23.0 Å². The van der Waals surface area contributed by atoms with Crippen molar-refractivity contribution in [3.63, 3.8) is 0 Å². The van der Waals surface area contributed by atoms with Gasteiger partial charge in [-0.1, -0.05) is 38.1 Å². The number of hydrogen-bond acceptors (Lipinski definition) is 6. The fraction of sp³-hybridized carbons (Fsp3) is 0.381. The predicted octanol–water partition coefficient (Wildman–Crippen LogP) is 3.68. The Labute approximate surface area is 176 Å². The van der Waals surface area contributed by atoms with Gasteiger partial charge in [0.15, 0.2) is 0 Å². The second-order valence-electron chi connectivity index (χ2n) is 7.17. The highest BCUT2D eigenvalue weighted by atomic mass is 32.2. The van der Waals surface area contributed by atoms with Crippen molar-refractivity contribution in [2.75, 3.05) is 6.61 Å². The summed E-state index contributed by atoms with van der Waals surface area (Å²) in [7, 11) is -4.16. The van der Waals surface area contributed by atoms with E-state index in [4.69, 9.17) is 4.74 Å². The van der Waals surface area contributed by atoms with Gasteiger partial charge in [0.2, 0.25) is 10.0 Å². The lowest BCUT2D eigenvalue weighted by atomic mass is 10.0. The maximum atomic E-state index is 13.5. The third-order valence-electron chi connectivity index (χ3n) is 4.71. The number of aryl methyl sites for hydroxylation is 1. The molecule has 0 aliphatic rings. The quantitative estimate of drug-likeness (QED) is 0.338. The molecule has 30 heavy (non-hydrogen) atoms. The minimum atomic E-state index is -4.16. The fourth-order valence-electron chi connectivity index (χ4n) is 3.11. The molecule has 0 radical (unpaired) electrons. The number of sulfonamides is 1. The Bertz CT molecular complexity index is 1000. The number of nitro benzene ring substituents is 1. The molecule has 2 rings (SSSR count). The van der Waals surface area contributed by atoms with Crippen molar-refractivity contribution in [1.29, 1.82) is 0 Å². The Morgan fingerprint density at radius 2 is 1.73 bits per heavy atom. The van der Waals surface area contributed by atoms with Crippen LogP contribution >= 0.6 is 0 Å². The van der Waals surface area contributed by atoms with Crippen LogP contribution in [-0.2, 0) is 26.1 Å². The maximum Gasteiger partial charge on any atom is 0.324 e. The van der Waals surface area contributed by atoms with Gasteiger partial charge in [0.25, 0.3) is 5.69 Å². The van der Waals surface area contributed by atoms with Crippen molar-refractivity contribution in [2.24, 2.45) is 5.92 Å². The van der Waals surface area contributed by atoms with Gasteiger partial charge >= 0.3 is 5.97 Å². The van der Waals surface area contributed by atoms with E-state index < -0.39 is 27.0 Å². The third kappa shape index (κ3) is 5.22. The summed E-state index contributed by atoms with van der Waals surface area (Å²) in [5, 5.41) is 10.9. The van der Waals surface area contributed by atoms with E-state index in [1.165, 1.54) is 12.1 Å². The molecule has 9 heteroatoms. The molecule has 0 bridgehead atoms. The van der Waals surface area contributed by atoms with Gasteiger partial charge in [-0.3, -0.25) is 14.9 Å². The molecule has 0 unspecified atom stereocenters. The standard InChI is InChI=1S/C21H26N2O6S/c1-5-29-21(24)20(15(2)3)22(14-17-9-7-6-8-16(17)4)30(27,28)19-12-10-18(11-13-19)23(25)26/h6-13,15,20H,5,14H2,1-4H3/t20-/m1/s1. The zero-order valence-corrected chi connectivity index (χ0v) is 18.3. The first-order valence-electron chi connectivity index (χ1n) is 9.57. The Morgan fingerprint density at radius 1 is 1.13 bits per heavy atom. The van der Waals surface area contributed by atoms with Gasteiger partial charge in [-0.2, -0.15) is 4.31 Å². The summed E-state index contributed by atoms with van der Waals surface area (Å²) in [5.41, 5.74) is 1.41. The van der Waals surface area contributed by atoms with E-state index in [9.17, 15) is 23.3 Å². The van der Waals surface area contributed by atoms with Crippen LogP contribution in [-0.4, -0.2) is 36.3 Å². The molecule has 8 nitrogen and oxygen atoms in total. The zero-order valence-electron chi connectivity index (χ0n) is 17.4. The second-order valence-corrected chi connectivity index (χ2v) is 9.06. The highest BCUT2D eigenvalue weighted by Gasteiger charge is 2.39. The van der Waals surface area contributed by atoms with Crippen LogP contribution in [0.25, 0.3) is 0 Å². The summed E-state index contributed by atoms with van der Waals surface area (Å²) >= 11 is 0. The minimum absolute atomic E-state index is 0.0341. The normalized spacial score (nSPS) is 12.7. The number of esters is 1. The van der Waals surface area contributed by atoms with Crippen LogP contribution in [0.1, 0.15) is 31.9 Å². The van der Waals surface area contributed by atoms with E-state index >= 15 is 0 Å². The molecule has 2 aromatic carbocycles. The first-order chi connectivity index (χ1) is 14.1. The fourth-order valence-corrected chi connectivity index (χ4v) is 4.80. The molecule has 0 amide bonds. The number of carbonyl (C=O) groups excluding carboxylic acids is 1. The van der Waals surface area contributed by atoms with Gasteiger partial charge in [-0.05, 0) is 43.0 Å². The van der Waals surface area contributed by atoms with Gasteiger partial charge in [0.1, 0.15) is 6.04 Å². The smallest absolute Gasteiger partial charge is 0.324 e. The molecule has 0 saturated carbocycles. The molecule has 162 valence electrons. The van der Waals surface area contributed by atoms with Crippen molar-refractivity contribution in [3.8, 4) is 0 Å².